The number of hydrogen-bond donors (Lipinski definition) is 2. The topological polar surface area (TPSA) is 75.7 Å². The number of para-hydroxylation sites is 1. The molecular weight excluding hydrogens is 361 g/mol. The molecule has 0 bridgehead atoms. The SMILES string of the molecule is Cc1cc(C(=O)N2CC[C@@H](N3CCN(c4ccccc4F)CC3)[C@H](O)C2)n[nH]1. The average molecular weight is 387 g/mol. The first-order valence-electron chi connectivity index (χ1n) is 9.76. The largest absolute Gasteiger partial charge is 0.390 e. The van der Waals surface area contributed by atoms with Gasteiger partial charge in [-0.05, 0) is 31.5 Å². The number of hydrogen-bond acceptors (Lipinski definition) is 5. The monoisotopic (exact) mass is 387 g/mol. The molecule has 2 N–H and O–H groups in total. The minimum atomic E-state index is -0.599. The van der Waals surface area contributed by atoms with E-state index in [0.717, 1.165) is 38.3 Å². The number of halogens is 1. The van der Waals surface area contributed by atoms with E-state index in [1.165, 1.54) is 6.07 Å². The van der Waals surface area contributed by atoms with Crippen LogP contribution in [-0.2, 0) is 0 Å². The number of aliphatic hydroxyl groups excluding tert-OH is 1. The Kier molecular flexibility index (Phi) is 5.32. The molecule has 2 aliphatic rings. The van der Waals surface area contributed by atoms with Gasteiger partial charge in [-0.1, -0.05) is 12.1 Å². The highest BCUT2D eigenvalue weighted by Crippen LogP contribution is 2.24. The number of aryl methyl sites for hydroxylation is 1. The molecular formula is C20H26FN5O2. The van der Waals surface area contributed by atoms with Crippen molar-refractivity contribution in [3.05, 3.63) is 47.5 Å². The number of nitrogens with zero attached hydrogens (tertiary/aromatic N) is 4. The molecule has 2 aliphatic heterocycles. The molecule has 2 fully saturated rings. The third-order valence-electron chi connectivity index (χ3n) is 5.74. The van der Waals surface area contributed by atoms with Crippen molar-refractivity contribution in [3.8, 4) is 0 Å². The third-order valence-corrected chi connectivity index (χ3v) is 5.74. The Hall–Kier alpha value is -2.45. The van der Waals surface area contributed by atoms with Crippen LogP contribution in [0.25, 0.3) is 0 Å². The lowest BCUT2D eigenvalue weighted by molar-refractivity contribution is -0.0109. The quantitative estimate of drug-likeness (QED) is 0.829. The zero-order valence-electron chi connectivity index (χ0n) is 16.0. The maximum Gasteiger partial charge on any atom is 0.274 e. The van der Waals surface area contributed by atoms with Gasteiger partial charge in [-0.2, -0.15) is 5.10 Å². The Morgan fingerprint density at radius 1 is 1.21 bits per heavy atom. The second-order valence-corrected chi connectivity index (χ2v) is 7.59. The smallest absolute Gasteiger partial charge is 0.274 e. The van der Waals surface area contributed by atoms with Gasteiger partial charge < -0.3 is 14.9 Å². The van der Waals surface area contributed by atoms with Crippen LogP contribution in [0.2, 0.25) is 0 Å². The summed E-state index contributed by atoms with van der Waals surface area (Å²) in [5.74, 6) is -0.345. The molecule has 150 valence electrons. The maximum absolute atomic E-state index is 14.0. The number of rotatable bonds is 3. The number of nitrogens with one attached hydrogen (secondary N) is 1. The molecule has 0 unspecified atom stereocenters. The molecule has 2 saturated heterocycles. The number of H-pyrrole nitrogens is 1. The van der Waals surface area contributed by atoms with Crippen LogP contribution in [0.3, 0.4) is 0 Å². The molecule has 3 heterocycles. The standard InChI is InChI=1S/C20H26FN5O2/c1-14-12-16(23-22-14)20(28)26-7-6-18(19(27)13-26)25-10-8-24(9-11-25)17-5-3-2-4-15(17)21/h2-5,12,18-19,27H,6-11,13H2,1H3,(H,22,23)/t18-,19-/m1/s1. The van der Waals surface area contributed by atoms with Gasteiger partial charge in [0, 0.05) is 51.0 Å². The van der Waals surface area contributed by atoms with Crippen molar-refractivity contribution in [3.63, 3.8) is 0 Å². The minimum absolute atomic E-state index is 0.0211. The first kappa shape index (κ1) is 18.9. The molecule has 28 heavy (non-hydrogen) atoms. The summed E-state index contributed by atoms with van der Waals surface area (Å²) in [5, 5.41) is 17.5. The van der Waals surface area contributed by atoms with E-state index in [-0.39, 0.29) is 17.8 Å². The zero-order valence-corrected chi connectivity index (χ0v) is 16.0. The molecule has 4 rings (SSSR count). The molecule has 7 nitrogen and oxygen atoms in total. The van der Waals surface area contributed by atoms with E-state index in [9.17, 15) is 14.3 Å². The van der Waals surface area contributed by atoms with Gasteiger partial charge in [0.15, 0.2) is 0 Å². The molecule has 0 saturated carbocycles. The van der Waals surface area contributed by atoms with Crippen molar-refractivity contribution >= 4 is 11.6 Å². The van der Waals surface area contributed by atoms with Crippen molar-refractivity contribution in [2.75, 3.05) is 44.2 Å². The van der Waals surface area contributed by atoms with Gasteiger partial charge in [0.05, 0.1) is 11.8 Å². The molecule has 8 heteroatoms. The van der Waals surface area contributed by atoms with Gasteiger partial charge in [0.1, 0.15) is 11.5 Å². The van der Waals surface area contributed by atoms with Gasteiger partial charge >= 0.3 is 0 Å². The van der Waals surface area contributed by atoms with Crippen LogP contribution in [0, 0.1) is 12.7 Å². The van der Waals surface area contributed by atoms with Gasteiger partial charge in [0.25, 0.3) is 5.91 Å². The Labute approximate surface area is 163 Å². The number of amides is 1. The normalized spacial score (nSPS) is 23.8. The molecule has 0 aliphatic carbocycles. The van der Waals surface area contributed by atoms with Crippen LogP contribution in [-0.4, -0.2) is 82.4 Å². The van der Waals surface area contributed by atoms with Crippen LogP contribution in [0.15, 0.2) is 30.3 Å². The fraction of sp³-hybridized carbons (Fsp3) is 0.500. The van der Waals surface area contributed by atoms with Crippen LogP contribution in [0.1, 0.15) is 22.6 Å². The van der Waals surface area contributed by atoms with E-state index in [1.54, 1.807) is 23.1 Å². The maximum atomic E-state index is 14.0. The van der Waals surface area contributed by atoms with Gasteiger partial charge in [-0.25, -0.2) is 4.39 Å². The highest BCUT2D eigenvalue weighted by molar-refractivity contribution is 5.92. The zero-order chi connectivity index (χ0) is 19.7. The fourth-order valence-corrected chi connectivity index (χ4v) is 4.22. The average Bonchev–Trinajstić information content (AvgIpc) is 3.14. The molecule has 2 atom stereocenters. The number of piperidine rings is 1. The van der Waals surface area contributed by atoms with Gasteiger partial charge in [-0.3, -0.25) is 14.8 Å². The molecule has 1 amide bonds. The summed E-state index contributed by atoms with van der Waals surface area (Å²) in [7, 11) is 0. The van der Waals surface area contributed by atoms with E-state index in [1.807, 2.05) is 13.0 Å². The predicted molar refractivity (Wildman–Crippen MR) is 104 cm³/mol. The Morgan fingerprint density at radius 2 is 1.96 bits per heavy atom. The Bertz CT molecular complexity index is 834. The van der Waals surface area contributed by atoms with Crippen LogP contribution in [0.4, 0.5) is 10.1 Å². The second kappa shape index (κ2) is 7.89. The van der Waals surface area contributed by atoms with Crippen molar-refractivity contribution < 1.29 is 14.3 Å². The summed E-state index contributed by atoms with van der Waals surface area (Å²) < 4.78 is 14.0. The number of benzene rings is 1. The summed E-state index contributed by atoms with van der Waals surface area (Å²) >= 11 is 0. The molecule has 2 aromatic rings. The number of piperazine rings is 1. The number of aliphatic hydroxyl groups is 1. The molecule has 1 aromatic heterocycles. The number of aromatic nitrogens is 2. The molecule has 0 spiro atoms. The number of likely N-dealkylation sites (tertiary alicyclic amines) is 1. The first-order chi connectivity index (χ1) is 13.5. The molecule has 0 radical (unpaired) electrons. The van der Waals surface area contributed by atoms with Crippen molar-refractivity contribution in [2.45, 2.75) is 25.5 Å². The Morgan fingerprint density at radius 3 is 2.61 bits per heavy atom. The second-order valence-electron chi connectivity index (χ2n) is 7.59. The van der Waals surface area contributed by atoms with Gasteiger partial charge in [0.2, 0.25) is 0 Å². The van der Waals surface area contributed by atoms with Crippen molar-refractivity contribution in [1.82, 2.24) is 20.0 Å². The van der Waals surface area contributed by atoms with E-state index >= 15 is 0 Å². The number of carbonyl (C=O) groups excluding carboxylic acids is 1. The molecule has 1 aromatic carbocycles. The van der Waals surface area contributed by atoms with Crippen LogP contribution >= 0.6 is 0 Å². The van der Waals surface area contributed by atoms with Gasteiger partial charge in [-0.15, -0.1) is 0 Å². The van der Waals surface area contributed by atoms with E-state index in [4.69, 9.17) is 0 Å². The van der Waals surface area contributed by atoms with E-state index in [0.29, 0.717) is 24.5 Å². The lowest BCUT2D eigenvalue weighted by Crippen LogP contribution is -2.59. The number of carbonyl (C=O) groups is 1. The fourth-order valence-electron chi connectivity index (χ4n) is 4.22. The van der Waals surface area contributed by atoms with Crippen LogP contribution in [0.5, 0.6) is 0 Å². The minimum Gasteiger partial charge on any atom is -0.390 e. The summed E-state index contributed by atoms with van der Waals surface area (Å²) in [5.41, 5.74) is 1.87. The van der Waals surface area contributed by atoms with Crippen LogP contribution < -0.4 is 4.90 Å². The summed E-state index contributed by atoms with van der Waals surface area (Å²) in [6, 6.07) is 8.59. The highest BCUT2D eigenvalue weighted by Gasteiger charge is 2.36. The highest BCUT2D eigenvalue weighted by atomic mass is 19.1. The Balaban J connectivity index is 1.33. The summed E-state index contributed by atoms with van der Waals surface area (Å²) in [6.45, 7) is 5.73. The summed E-state index contributed by atoms with van der Waals surface area (Å²) in [4.78, 5) is 18.5. The number of β-amino-alcohol motifs (C(OH)–C–C–N with tert-alkyl or cyclic N) is 1. The summed E-state index contributed by atoms with van der Waals surface area (Å²) in [6.07, 6.45) is 0.119. The predicted octanol–water partition coefficient (Wildman–Crippen LogP) is 1.25. The third kappa shape index (κ3) is 3.74. The lowest BCUT2D eigenvalue weighted by Gasteiger charge is -2.45. The van der Waals surface area contributed by atoms with Crippen molar-refractivity contribution in [2.24, 2.45) is 0 Å². The van der Waals surface area contributed by atoms with E-state index < -0.39 is 6.10 Å². The first-order valence-corrected chi connectivity index (χ1v) is 9.76. The number of anilines is 1. The lowest BCUT2D eigenvalue weighted by atomic mass is 9.98. The van der Waals surface area contributed by atoms with Crippen molar-refractivity contribution in [1.29, 1.82) is 0 Å². The number of aromatic amines is 1. The van der Waals surface area contributed by atoms with E-state index in [2.05, 4.69) is 20.0 Å².